The number of aromatic nitrogens is 1. The van der Waals surface area contributed by atoms with Gasteiger partial charge in [0.15, 0.2) is 0 Å². The molecule has 1 atom stereocenters. The molecule has 1 fully saturated rings. The Balaban J connectivity index is 2.26. The van der Waals surface area contributed by atoms with Gasteiger partial charge in [-0.2, -0.15) is 5.26 Å². The first-order chi connectivity index (χ1) is 8.65. The van der Waals surface area contributed by atoms with E-state index in [4.69, 9.17) is 11.0 Å². The van der Waals surface area contributed by atoms with Crippen LogP contribution < -0.4 is 10.6 Å². The fourth-order valence-corrected chi connectivity index (χ4v) is 2.08. The minimum atomic E-state index is -0.595. The molecule has 1 aliphatic rings. The van der Waals surface area contributed by atoms with Gasteiger partial charge in [-0.3, -0.25) is 10.1 Å². The van der Waals surface area contributed by atoms with Crippen LogP contribution in [0, 0.1) is 27.4 Å². The third-order valence-electron chi connectivity index (χ3n) is 3.11. The fraction of sp³-hybridized carbons (Fsp3) is 0.455. The lowest BCUT2D eigenvalue weighted by atomic mass is 10.1. The van der Waals surface area contributed by atoms with Crippen LogP contribution in [0.4, 0.5) is 11.5 Å². The Morgan fingerprint density at radius 1 is 1.67 bits per heavy atom. The van der Waals surface area contributed by atoms with Crippen LogP contribution in [0.3, 0.4) is 0 Å². The van der Waals surface area contributed by atoms with Gasteiger partial charge in [0.25, 0.3) is 0 Å². The number of nitrogens with two attached hydrogens (primary N) is 1. The molecular weight excluding hydrogens is 234 g/mol. The first-order valence-corrected chi connectivity index (χ1v) is 5.66. The van der Waals surface area contributed by atoms with Crippen LogP contribution in [0.15, 0.2) is 12.1 Å². The Bertz CT molecular complexity index is 511. The standard InChI is InChI=1S/C11H13N5O2/c12-5-8-3-4-15(7-8)11-2-1-10(16(17)18)9(6-13)14-11/h1-2,8H,3-5,7,12H2. The van der Waals surface area contributed by atoms with Gasteiger partial charge in [0.2, 0.25) is 5.69 Å². The third-order valence-corrected chi connectivity index (χ3v) is 3.11. The Morgan fingerprint density at radius 2 is 2.44 bits per heavy atom. The Kier molecular flexibility index (Phi) is 3.39. The molecule has 1 saturated heterocycles. The molecule has 7 heteroatoms. The highest BCUT2D eigenvalue weighted by molar-refractivity contribution is 5.52. The van der Waals surface area contributed by atoms with Crippen molar-refractivity contribution in [3.63, 3.8) is 0 Å². The van der Waals surface area contributed by atoms with Gasteiger partial charge in [-0.15, -0.1) is 0 Å². The Morgan fingerprint density at radius 3 is 3.00 bits per heavy atom. The van der Waals surface area contributed by atoms with E-state index in [1.807, 2.05) is 4.90 Å². The smallest absolute Gasteiger partial charge is 0.305 e. The molecule has 0 spiro atoms. The normalized spacial score (nSPS) is 18.7. The van der Waals surface area contributed by atoms with Crippen molar-refractivity contribution >= 4 is 11.5 Å². The molecule has 2 N–H and O–H groups in total. The van der Waals surface area contributed by atoms with E-state index in [0.29, 0.717) is 18.3 Å². The maximum absolute atomic E-state index is 10.7. The number of nitrogens with zero attached hydrogens (tertiary/aromatic N) is 4. The van der Waals surface area contributed by atoms with Crippen LogP contribution in [-0.4, -0.2) is 29.5 Å². The number of nitriles is 1. The van der Waals surface area contributed by atoms with Crippen LogP contribution in [-0.2, 0) is 0 Å². The molecule has 0 radical (unpaired) electrons. The van der Waals surface area contributed by atoms with Crippen LogP contribution in [0.5, 0.6) is 0 Å². The van der Waals surface area contributed by atoms with Crippen molar-refractivity contribution in [1.29, 1.82) is 5.26 Å². The summed E-state index contributed by atoms with van der Waals surface area (Å²) in [7, 11) is 0. The van der Waals surface area contributed by atoms with Crippen molar-refractivity contribution < 1.29 is 4.92 Å². The predicted molar refractivity (Wildman–Crippen MR) is 65.0 cm³/mol. The lowest BCUT2D eigenvalue weighted by Gasteiger charge is -2.17. The summed E-state index contributed by atoms with van der Waals surface area (Å²) in [6.45, 7) is 2.22. The summed E-state index contributed by atoms with van der Waals surface area (Å²) >= 11 is 0. The second-order valence-corrected chi connectivity index (χ2v) is 4.24. The number of pyridine rings is 1. The molecular formula is C11H13N5O2. The molecule has 0 amide bonds. The summed E-state index contributed by atoms with van der Waals surface area (Å²) in [5, 5.41) is 19.6. The van der Waals surface area contributed by atoms with Gasteiger partial charge in [0.05, 0.1) is 4.92 Å². The molecule has 94 valence electrons. The molecule has 1 aromatic heterocycles. The molecule has 1 aromatic rings. The van der Waals surface area contributed by atoms with E-state index in [1.54, 1.807) is 12.1 Å². The second-order valence-electron chi connectivity index (χ2n) is 4.24. The molecule has 18 heavy (non-hydrogen) atoms. The molecule has 2 rings (SSSR count). The SMILES string of the molecule is N#Cc1nc(N2CCC(CN)C2)ccc1[N+](=O)[O-]. The van der Waals surface area contributed by atoms with E-state index < -0.39 is 4.92 Å². The summed E-state index contributed by atoms with van der Waals surface area (Å²) in [5.41, 5.74) is 5.21. The van der Waals surface area contributed by atoms with Gasteiger partial charge in [-0.05, 0) is 24.9 Å². The number of anilines is 1. The second kappa shape index (κ2) is 4.98. The van der Waals surface area contributed by atoms with Crippen molar-refractivity contribution in [2.75, 3.05) is 24.5 Å². The number of hydrogen-bond acceptors (Lipinski definition) is 6. The van der Waals surface area contributed by atoms with E-state index in [2.05, 4.69) is 4.98 Å². The minimum Gasteiger partial charge on any atom is -0.356 e. The molecule has 7 nitrogen and oxygen atoms in total. The van der Waals surface area contributed by atoms with E-state index >= 15 is 0 Å². The van der Waals surface area contributed by atoms with Gasteiger partial charge in [0, 0.05) is 19.2 Å². The first kappa shape index (κ1) is 12.3. The number of rotatable bonds is 3. The average Bonchev–Trinajstić information content (AvgIpc) is 2.86. The molecule has 2 heterocycles. The summed E-state index contributed by atoms with van der Waals surface area (Å²) in [6.07, 6.45) is 0.983. The molecule has 1 aliphatic heterocycles. The van der Waals surface area contributed by atoms with Gasteiger partial charge < -0.3 is 10.6 Å². The van der Waals surface area contributed by atoms with Gasteiger partial charge in [-0.25, -0.2) is 4.98 Å². The molecule has 0 aromatic carbocycles. The van der Waals surface area contributed by atoms with Crippen molar-refractivity contribution in [2.45, 2.75) is 6.42 Å². The predicted octanol–water partition coefficient (Wildman–Crippen LogP) is 0.646. The summed E-state index contributed by atoms with van der Waals surface area (Å²) < 4.78 is 0. The fourth-order valence-electron chi connectivity index (χ4n) is 2.08. The van der Waals surface area contributed by atoms with Crippen LogP contribution in [0.25, 0.3) is 0 Å². The van der Waals surface area contributed by atoms with Crippen LogP contribution in [0.2, 0.25) is 0 Å². The van der Waals surface area contributed by atoms with Gasteiger partial charge in [0.1, 0.15) is 11.9 Å². The highest BCUT2D eigenvalue weighted by atomic mass is 16.6. The number of hydrogen-bond donors (Lipinski definition) is 1. The van der Waals surface area contributed by atoms with E-state index in [9.17, 15) is 10.1 Å². The molecule has 0 bridgehead atoms. The maximum atomic E-state index is 10.7. The van der Waals surface area contributed by atoms with E-state index in [-0.39, 0.29) is 11.4 Å². The van der Waals surface area contributed by atoms with Crippen molar-refractivity contribution in [3.05, 3.63) is 27.9 Å². The zero-order valence-corrected chi connectivity index (χ0v) is 9.74. The van der Waals surface area contributed by atoms with Crippen molar-refractivity contribution in [1.82, 2.24) is 4.98 Å². The number of nitro groups is 1. The highest BCUT2D eigenvalue weighted by Crippen LogP contribution is 2.25. The van der Waals surface area contributed by atoms with Gasteiger partial charge in [-0.1, -0.05) is 0 Å². The van der Waals surface area contributed by atoms with Crippen molar-refractivity contribution in [2.24, 2.45) is 11.7 Å². The third kappa shape index (κ3) is 2.24. The van der Waals surface area contributed by atoms with E-state index in [1.165, 1.54) is 6.07 Å². The minimum absolute atomic E-state index is 0.145. The Hall–Kier alpha value is -2.20. The lowest BCUT2D eigenvalue weighted by Crippen LogP contribution is -2.23. The zero-order valence-electron chi connectivity index (χ0n) is 9.74. The summed E-state index contributed by atoms with van der Waals surface area (Å²) in [5.74, 6) is 1.03. The average molecular weight is 247 g/mol. The van der Waals surface area contributed by atoms with Crippen LogP contribution in [0.1, 0.15) is 12.1 Å². The summed E-state index contributed by atoms with van der Waals surface area (Å²) in [6, 6.07) is 4.67. The molecule has 0 aliphatic carbocycles. The quantitative estimate of drug-likeness (QED) is 0.620. The van der Waals surface area contributed by atoms with Gasteiger partial charge >= 0.3 is 5.69 Å². The molecule has 0 saturated carbocycles. The highest BCUT2D eigenvalue weighted by Gasteiger charge is 2.24. The van der Waals surface area contributed by atoms with Crippen molar-refractivity contribution in [3.8, 4) is 6.07 Å². The van der Waals surface area contributed by atoms with E-state index in [0.717, 1.165) is 19.5 Å². The maximum Gasteiger partial charge on any atom is 0.305 e. The first-order valence-electron chi connectivity index (χ1n) is 5.66. The Labute approximate surface area is 104 Å². The zero-order chi connectivity index (χ0) is 13.1. The lowest BCUT2D eigenvalue weighted by molar-refractivity contribution is -0.385. The monoisotopic (exact) mass is 247 g/mol. The molecule has 1 unspecified atom stereocenters. The summed E-state index contributed by atoms with van der Waals surface area (Å²) in [4.78, 5) is 16.1. The van der Waals surface area contributed by atoms with Crippen LogP contribution >= 0.6 is 0 Å². The largest absolute Gasteiger partial charge is 0.356 e. The topological polar surface area (TPSA) is 109 Å².